The van der Waals surface area contributed by atoms with E-state index < -0.39 is 40.2 Å². The smallest absolute Gasteiger partial charge is 0.250 e. The highest BCUT2D eigenvalue weighted by atomic mass is 32.2. The van der Waals surface area contributed by atoms with Gasteiger partial charge in [-0.3, -0.25) is 4.18 Å². The van der Waals surface area contributed by atoms with Crippen LogP contribution in [0.2, 0.25) is 0 Å². The molecule has 0 aromatic heterocycles. The third-order valence-electron chi connectivity index (χ3n) is 3.16. The van der Waals surface area contributed by atoms with Crippen LogP contribution in [0.3, 0.4) is 0 Å². The van der Waals surface area contributed by atoms with Gasteiger partial charge in [0.05, 0.1) is 0 Å². The van der Waals surface area contributed by atoms with E-state index in [9.17, 15) is 34.8 Å². The molecule has 0 heterocycles. The Labute approximate surface area is 112 Å². The first kappa shape index (κ1) is 17.5. The number of alkyl halides is 6. The molecule has 0 N–H and O–H groups in total. The van der Waals surface area contributed by atoms with Gasteiger partial charge in [-0.1, -0.05) is 32.1 Å². The minimum atomic E-state index is -6.25. The fourth-order valence-electron chi connectivity index (χ4n) is 2.16. The Balaban J connectivity index is 2.80. The molecule has 1 saturated carbocycles. The first-order chi connectivity index (χ1) is 8.93. The Morgan fingerprint density at radius 3 is 1.90 bits per heavy atom. The van der Waals surface area contributed by atoms with Gasteiger partial charge in [0, 0.05) is 0 Å². The standard InChI is InChI=1S/C10H14F6O3S/c11-9(12,13)8(6-7-4-2-1-3-5-7)19-20(17,18)10(14,15)16/h7-8H,1-6H2. The highest BCUT2D eigenvalue weighted by Gasteiger charge is 2.53. The van der Waals surface area contributed by atoms with Gasteiger partial charge >= 0.3 is 21.8 Å². The second-order valence-corrected chi connectivity index (χ2v) is 6.33. The normalized spacial score (nSPS) is 20.9. The molecule has 0 aromatic carbocycles. The lowest BCUT2D eigenvalue weighted by Gasteiger charge is -2.27. The molecule has 3 nitrogen and oxygen atoms in total. The van der Waals surface area contributed by atoms with Gasteiger partial charge in [-0.2, -0.15) is 34.8 Å². The summed E-state index contributed by atoms with van der Waals surface area (Å²) in [6, 6.07) is 0. The summed E-state index contributed by atoms with van der Waals surface area (Å²) in [6.45, 7) is 0. The lowest BCUT2D eigenvalue weighted by Crippen LogP contribution is -2.39. The molecule has 120 valence electrons. The van der Waals surface area contributed by atoms with Crippen molar-refractivity contribution in [3.8, 4) is 0 Å². The highest BCUT2D eigenvalue weighted by Crippen LogP contribution is 2.37. The van der Waals surface area contributed by atoms with Crippen molar-refractivity contribution in [3.05, 3.63) is 0 Å². The zero-order chi connectivity index (χ0) is 15.6. The molecule has 20 heavy (non-hydrogen) atoms. The summed E-state index contributed by atoms with van der Waals surface area (Å²) >= 11 is 0. The molecule has 0 amide bonds. The van der Waals surface area contributed by atoms with Gasteiger partial charge in [0.1, 0.15) is 0 Å². The maximum absolute atomic E-state index is 12.6. The topological polar surface area (TPSA) is 43.4 Å². The molecule has 0 bridgehead atoms. The van der Waals surface area contributed by atoms with Crippen LogP contribution in [0.4, 0.5) is 26.3 Å². The summed E-state index contributed by atoms with van der Waals surface area (Å²) in [5.41, 5.74) is -5.86. The van der Waals surface area contributed by atoms with Gasteiger partial charge in [0.2, 0.25) is 0 Å². The van der Waals surface area contributed by atoms with Crippen molar-refractivity contribution in [1.82, 2.24) is 0 Å². The largest absolute Gasteiger partial charge is 0.523 e. The third-order valence-corrected chi connectivity index (χ3v) is 4.22. The Bertz CT molecular complexity index is 408. The number of hydrogen-bond donors (Lipinski definition) is 0. The maximum Gasteiger partial charge on any atom is 0.523 e. The fourth-order valence-corrected chi connectivity index (χ4v) is 2.76. The summed E-state index contributed by atoms with van der Waals surface area (Å²) in [4.78, 5) is 0. The molecule has 0 aromatic rings. The minimum Gasteiger partial charge on any atom is -0.250 e. The van der Waals surface area contributed by atoms with Crippen LogP contribution in [0.15, 0.2) is 0 Å². The van der Waals surface area contributed by atoms with E-state index in [0.29, 0.717) is 25.7 Å². The Morgan fingerprint density at radius 2 is 1.50 bits per heavy atom. The first-order valence-electron chi connectivity index (χ1n) is 6.00. The molecule has 10 heteroatoms. The van der Waals surface area contributed by atoms with E-state index in [4.69, 9.17) is 0 Å². The summed E-state index contributed by atoms with van der Waals surface area (Å²) in [5.74, 6) is -0.473. The summed E-state index contributed by atoms with van der Waals surface area (Å²) in [7, 11) is -6.25. The summed E-state index contributed by atoms with van der Waals surface area (Å²) in [5, 5.41) is 0. The zero-order valence-electron chi connectivity index (χ0n) is 10.3. The number of rotatable bonds is 4. The van der Waals surface area contributed by atoms with E-state index in [1.807, 2.05) is 0 Å². The SMILES string of the molecule is O=S(=O)(OC(CC1CCCCC1)C(F)(F)F)C(F)(F)F. The molecule has 1 fully saturated rings. The van der Waals surface area contributed by atoms with Crippen LogP contribution in [-0.4, -0.2) is 26.2 Å². The molecule has 1 atom stereocenters. The Kier molecular flexibility index (Phi) is 5.34. The van der Waals surface area contributed by atoms with Gasteiger partial charge < -0.3 is 0 Å². The maximum atomic E-state index is 12.6. The second kappa shape index (κ2) is 6.08. The quantitative estimate of drug-likeness (QED) is 0.448. The lowest BCUT2D eigenvalue weighted by atomic mass is 9.85. The average molecular weight is 328 g/mol. The van der Waals surface area contributed by atoms with Gasteiger partial charge in [0.15, 0.2) is 6.10 Å². The van der Waals surface area contributed by atoms with E-state index in [-0.39, 0.29) is 0 Å². The molecule has 1 unspecified atom stereocenters. The summed E-state index contributed by atoms with van der Waals surface area (Å²) in [6.07, 6.45) is -5.78. The zero-order valence-corrected chi connectivity index (χ0v) is 11.1. The van der Waals surface area contributed by atoms with Gasteiger partial charge in [-0.05, 0) is 12.3 Å². The molecular weight excluding hydrogens is 314 g/mol. The van der Waals surface area contributed by atoms with Crippen LogP contribution >= 0.6 is 0 Å². The van der Waals surface area contributed by atoms with Crippen LogP contribution in [-0.2, 0) is 14.3 Å². The fraction of sp³-hybridized carbons (Fsp3) is 1.00. The minimum absolute atomic E-state index is 0.433. The van der Waals surface area contributed by atoms with Gasteiger partial charge in [-0.25, -0.2) is 0 Å². The van der Waals surface area contributed by atoms with Crippen LogP contribution in [0.25, 0.3) is 0 Å². The van der Waals surface area contributed by atoms with E-state index in [0.717, 1.165) is 6.42 Å². The van der Waals surface area contributed by atoms with Crippen molar-refractivity contribution >= 4 is 10.1 Å². The number of hydrogen-bond acceptors (Lipinski definition) is 3. The van der Waals surface area contributed by atoms with Gasteiger partial charge in [-0.15, -0.1) is 0 Å². The van der Waals surface area contributed by atoms with E-state index >= 15 is 0 Å². The highest BCUT2D eigenvalue weighted by molar-refractivity contribution is 7.87. The predicted molar refractivity (Wildman–Crippen MR) is 57.1 cm³/mol. The van der Waals surface area contributed by atoms with E-state index in [2.05, 4.69) is 4.18 Å². The Hall–Kier alpha value is -0.510. The van der Waals surface area contributed by atoms with Crippen molar-refractivity contribution in [2.24, 2.45) is 5.92 Å². The Morgan fingerprint density at radius 1 is 1.00 bits per heavy atom. The van der Waals surface area contributed by atoms with Crippen LogP contribution in [0, 0.1) is 5.92 Å². The average Bonchev–Trinajstić information content (AvgIpc) is 2.26. The molecule has 0 aliphatic heterocycles. The van der Waals surface area contributed by atoms with Crippen LogP contribution < -0.4 is 0 Å². The molecule has 1 aliphatic carbocycles. The molecule has 0 radical (unpaired) electrons. The summed E-state index contributed by atoms with van der Waals surface area (Å²) < 4.78 is 98.9. The third kappa shape index (κ3) is 4.80. The van der Waals surface area contributed by atoms with Crippen molar-refractivity contribution in [2.45, 2.75) is 56.3 Å². The van der Waals surface area contributed by atoms with Gasteiger partial charge in [0.25, 0.3) is 0 Å². The van der Waals surface area contributed by atoms with E-state index in [1.165, 1.54) is 0 Å². The molecule has 0 saturated heterocycles. The van der Waals surface area contributed by atoms with Crippen molar-refractivity contribution in [3.63, 3.8) is 0 Å². The molecular formula is C10H14F6O3S. The molecule has 1 aliphatic rings. The predicted octanol–water partition coefficient (Wildman–Crippen LogP) is 3.75. The lowest BCUT2D eigenvalue weighted by molar-refractivity contribution is -0.202. The number of halogens is 6. The van der Waals surface area contributed by atoms with Crippen molar-refractivity contribution < 1.29 is 38.9 Å². The second-order valence-electron chi connectivity index (χ2n) is 4.77. The molecule has 1 rings (SSSR count). The first-order valence-corrected chi connectivity index (χ1v) is 7.40. The van der Waals surface area contributed by atoms with Crippen molar-refractivity contribution in [2.75, 3.05) is 0 Å². The van der Waals surface area contributed by atoms with E-state index in [1.54, 1.807) is 0 Å². The molecule has 0 spiro atoms. The van der Waals surface area contributed by atoms with Crippen LogP contribution in [0.1, 0.15) is 38.5 Å². The van der Waals surface area contributed by atoms with Crippen LogP contribution in [0.5, 0.6) is 0 Å². The monoisotopic (exact) mass is 328 g/mol. The van der Waals surface area contributed by atoms with Crippen molar-refractivity contribution in [1.29, 1.82) is 0 Å².